The van der Waals surface area contributed by atoms with Crippen LogP contribution in [0.15, 0.2) is 42.7 Å². The number of rotatable bonds is 7. The second-order valence-electron chi connectivity index (χ2n) is 5.53. The number of hydrogen-bond donors (Lipinski definition) is 2. The highest BCUT2D eigenvalue weighted by Crippen LogP contribution is 2.27. The van der Waals surface area contributed by atoms with Gasteiger partial charge in [-0.25, -0.2) is 0 Å². The van der Waals surface area contributed by atoms with Crippen molar-refractivity contribution in [2.24, 2.45) is 5.92 Å². The molecule has 0 bridgehead atoms. The van der Waals surface area contributed by atoms with Gasteiger partial charge in [-0.15, -0.1) is 0 Å². The zero-order valence-electron chi connectivity index (χ0n) is 12.0. The lowest BCUT2D eigenvalue weighted by Crippen LogP contribution is -2.29. The SMILES string of the molecule is O=C(CNCC1CC1)Nc1cnn(Cc2ccccc2)c1. The number of carbonyl (C=O) groups is 1. The third kappa shape index (κ3) is 4.43. The van der Waals surface area contributed by atoms with E-state index < -0.39 is 0 Å². The molecule has 1 aliphatic rings. The second-order valence-corrected chi connectivity index (χ2v) is 5.53. The summed E-state index contributed by atoms with van der Waals surface area (Å²) in [6, 6.07) is 10.1. The molecule has 1 fully saturated rings. The molecule has 5 heteroatoms. The van der Waals surface area contributed by atoms with E-state index in [2.05, 4.69) is 27.9 Å². The Hall–Kier alpha value is -2.14. The molecule has 2 aromatic rings. The van der Waals surface area contributed by atoms with Crippen molar-refractivity contribution in [2.45, 2.75) is 19.4 Å². The number of hydrogen-bond acceptors (Lipinski definition) is 3. The third-order valence-corrected chi connectivity index (χ3v) is 3.52. The summed E-state index contributed by atoms with van der Waals surface area (Å²) >= 11 is 0. The molecule has 0 spiro atoms. The first kappa shape index (κ1) is 13.8. The highest BCUT2D eigenvalue weighted by atomic mass is 16.1. The van der Waals surface area contributed by atoms with E-state index in [9.17, 15) is 4.79 Å². The minimum atomic E-state index is -0.0186. The molecule has 0 unspecified atom stereocenters. The minimum Gasteiger partial charge on any atom is -0.322 e. The van der Waals surface area contributed by atoms with Crippen LogP contribution in [0.1, 0.15) is 18.4 Å². The Labute approximate surface area is 124 Å². The molecule has 0 aliphatic heterocycles. The lowest BCUT2D eigenvalue weighted by atomic mass is 10.2. The molecule has 1 aliphatic carbocycles. The molecule has 2 N–H and O–H groups in total. The number of aromatic nitrogens is 2. The third-order valence-electron chi connectivity index (χ3n) is 3.52. The van der Waals surface area contributed by atoms with Crippen molar-refractivity contribution in [3.63, 3.8) is 0 Å². The average molecular weight is 284 g/mol. The molecular formula is C16H20N4O. The van der Waals surface area contributed by atoms with Gasteiger partial charge in [0.15, 0.2) is 0 Å². The molecule has 0 atom stereocenters. The fourth-order valence-corrected chi connectivity index (χ4v) is 2.20. The summed E-state index contributed by atoms with van der Waals surface area (Å²) in [6.45, 7) is 2.01. The van der Waals surface area contributed by atoms with Gasteiger partial charge in [0, 0.05) is 6.20 Å². The fourth-order valence-electron chi connectivity index (χ4n) is 2.20. The van der Waals surface area contributed by atoms with Crippen LogP contribution >= 0.6 is 0 Å². The predicted octanol–water partition coefficient (Wildman–Crippen LogP) is 1.87. The van der Waals surface area contributed by atoms with Gasteiger partial charge in [0.05, 0.1) is 25.0 Å². The Kier molecular flexibility index (Phi) is 4.31. The maximum atomic E-state index is 11.8. The van der Waals surface area contributed by atoms with Crippen molar-refractivity contribution in [3.8, 4) is 0 Å². The van der Waals surface area contributed by atoms with Crippen molar-refractivity contribution in [2.75, 3.05) is 18.4 Å². The topological polar surface area (TPSA) is 59.0 Å². The molecule has 3 rings (SSSR count). The molecule has 110 valence electrons. The largest absolute Gasteiger partial charge is 0.322 e. The van der Waals surface area contributed by atoms with E-state index in [0.29, 0.717) is 13.1 Å². The smallest absolute Gasteiger partial charge is 0.238 e. The molecular weight excluding hydrogens is 264 g/mol. The van der Waals surface area contributed by atoms with Crippen LogP contribution in [0.4, 0.5) is 5.69 Å². The van der Waals surface area contributed by atoms with Crippen LogP contribution in [0.5, 0.6) is 0 Å². The van der Waals surface area contributed by atoms with Gasteiger partial charge in [-0.05, 0) is 30.9 Å². The lowest BCUT2D eigenvalue weighted by molar-refractivity contribution is -0.115. The van der Waals surface area contributed by atoms with Crippen molar-refractivity contribution in [3.05, 3.63) is 48.3 Å². The van der Waals surface area contributed by atoms with E-state index in [0.717, 1.165) is 18.2 Å². The highest BCUT2D eigenvalue weighted by Gasteiger charge is 2.20. The van der Waals surface area contributed by atoms with Crippen LogP contribution < -0.4 is 10.6 Å². The fraction of sp³-hybridized carbons (Fsp3) is 0.375. The second kappa shape index (κ2) is 6.54. The monoisotopic (exact) mass is 284 g/mol. The van der Waals surface area contributed by atoms with Crippen molar-refractivity contribution >= 4 is 11.6 Å². The molecule has 1 heterocycles. The minimum absolute atomic E-state index is 0.0186. The first-order chi connectivity index (χ1) is 10.3. The first-order valence-corrected chi connectivity index (χ1v) is 7.36. The van der Waals surface area contributed by atoms with Crippen LogP contribution in [0.3, 0.4) is 0 Å². The zero-order chi connectivity index (χ0) is 14.5. The maximum Gasteiger partial charge on any atom is 0.238 e. The van der Waals surface area contributed by atoms with E-state index in [1.54, 1.807) is 6.20 Å². The highest BCUT2D eigenvalue weighted by molar-refractivity contribution is 5.91. The molecule has 1 amide bonds. The Morgan fingerprint density at radius 2 is 2.10 bits per heavy atom. The molecule has 0 saturated heterocycles. The lowest BCUT2D eigenvalue weighted by Gasteiger charge is -2.04. The summed E-state index contributed by atoms with van der Waals surface area (Å²) in [5.41, 5.74) is 1.92. The Morgan fingerprint density at radius 3 is 2.86 bits per heavy atom. The first-order valence-electron chi connectivity index (χ1n) is 7.36. The Morgan fingerprint density at radius 1 is 1.29 bits per heavy atom. The van der Waals surface area contributed by atoms with Gasteiger partial charge >= 0.3 is 0 Å². The van der Waals surface area contributed by atoms with Gasteiger partial charge in [-0.3, -0.25) is 9.48 Å². The molecule has 21 heavy (non-hydrogen) atoms. The van der Waals surface area contributed by atoms with Crippen molar-refractivity contribution < 1.29 is 4.79 Å². The van der Waals surface area contributed by atoms with E-state index in [1.807, 2.05) is 29.1 Å². The Bertz CT molecular complexity index is 589. The number of amides is 1. The number of anilines is 1. The van der Waals surface area contributed by atoms with Gasteiger partial charge in [0.25, 0.3) is 0 Å². The summed E-state index contributed by atoms with van der Waals surface area (Å²) in [4.78, 5) is 11.8. The van der Waals surface area contributed by atoms with E-state index >= 15 is 0 Å². The molecule has 1 saturated carbocycles. The predicted molar refractivity (Wildman–Crippen MR) is 82.0 cm³/mol. The average Bonchev–Trinajstić information content (AvgIpc) is 3.21. The molecule has 1 aromatic carbocycles. The van der Waals surface area contributed by atoms with Gasteiger partial charge in [0.2, 0.25) is 5.91 Å². The number of nitrogens with one attached hydrogen (secondary N) is 2. The maximum absolute atomic E-state index is 11.8. The van der Waals surface area contributed by atoms with E-state index in [1.165, 1.54) is 18.4 Å². The summed E-state index contributed by atoms with van der Waals surface area (Å²) in [6.07, 6.45) is 6.12. The summed E-state index contributed by atoms with van der Waals surface area (Å²) in [5, 5.41) is 10.3. The van der Waals surface area contributed by atoms with E-state index in [-0.39, 0.29) is 5.91 Å². The summed E-state index contributed by atoms with van der Waals surface area (Å²) < 4.78 is 1.82. The Balaban J connectivity index is 1.46. The summed E-state index contributed by atoms with van der Waals surface area (Å²) in [5.74, 6) is 0.765. The standard InChI is InChI=1S/C16H20N4O/c21-16(10-17-8-13-6-7-13)19-15-9-18-20(12-15)11-14-4-2-1-3-5-14/h1-5,9,12-13,17H,6-8,10-11H2,(H,19,21). The van der Waals surface area contributed by atoms with Crippen LogP contribution in [-0.2, 0) is 11.3 Å². The van der Waals surface area contributed by atoms with Crippen LogP contribution in [0.2, 0.25) is 0 Å². The van der Waals surface area contributed by atoms with Gasteiger partial charge in [0.1, 0.15) is 0 Å². The van der Waals surface area contributed by atoms with Crippen molar-refractivity contribution in [1.29, 1.82) is 0 Å². The normalized spacial score (nSPS) is 14.1. The number of carbonyl (C=O) groups excluding carboxylic acids is 1. The van der Waals surface area contributed by atoms with Crippen LogP contribution in [-0.4, -0.2) is 28.8 Å². The van der Waals surface area contributed by atoms with Crippen molar-refractivity contribution in [1.82, 2.24) is 15.1 Å². The molecule has 0 radical (unpaired) electrons. The number of benzene rings is 1. The summed E-state index contributed by atoms with van der Waals surface area (Å²) in [7, 11) is 0. The van der Waals surface area contributed by atoms with E-state index in [4.69, 9.17) is 0 Å². The molecule has 1 aromatic heterocycles. The zero-order valence-corrected chi connectivity index (χ0v) is 12.0. The van der Waals surface area contributed by atoms with Crippen LogP contribution in [0, 0.1) is 5.92 Å². The van der Waals surface area contributed by atoms with Crippen LogP contribution in [0.25, 0.3) is 0 Å². The van der Waals surface area contributed by atoms with Gasteiger partial charge in [-0.2, -0.15) is 5.10 Å². The van der Waals surface area contributed by atoms with Gasteiger partial charge in [-0.1, -0.05) is 30.3 Å². The molecule has 5 nitrogen and oxygen atoms in total. The van der Waals surface area contributed by atoms with Gasteiger partial charge < -0.3 is 10.6 Å². The number of nitrogens with zero attached hydrogens (tertiary/aromatic N) is 2. The quantitative estimate of drug-likeness (QED) is 0.816.